The zero-order chi connectivity index (χ0) is 30.4. The van der Waals surface area contributed by atoms with Crippen LogP contribution in [0.15, 0.2) is 176 Å². The van der Waals surface area contributed by atoms with Gasteiger partial charge in [0.1, 0.15) is 0 Å². The van der Waals surface area contributed by atoms with Gasteiger partial charge in [-0.2, -0.15) is 0 Å². The third-order valence-corrected chi connectivity index (χ3v) is 7.75. The fourth-order valence-electron chi connectivity index (χ4n) is 5.63. The lowest BCUT2D eigenvalue weighted by molar-refractivity contribution is 1.13. The average Bonchev–Trinajstić information content (AvgIpc) is 3.11. The van der Waals surface area contributed by atoms with E-state index in [1.54, 1.807) is 0 Å². The number of benzene rings is 6. The van der Waals surface area contributed by atoms with E-state index in [0.29, 0.717) is 0 Å². The van der Waals surface area contributed by atoms with E-state index in [2.05, 4.69) is 155 Å². The normalized spacial score (nSPS) is 10.8. The van der Waals surface area contributed by atoms with Gasteiger partial charge in [-0.25, -0.2) is 4.98 Å². The van der Waals surface area contributed by atoms with Crippen molar-refractivity contribution in [1.82, 2.24) is 9.97 Å². The molecule has 45 heavy (non-hydrogen) atoms. The Morgan fingerprint density at radius 3 is 1.02 bits per heavy atom. The Morgan fingerprint density at radius 1 is 0.356 bits per heavy atom. The monoisotopic (exact) mass is 580 g/mol. The summed E-state index contributed by atoms with van der Waals surface area (Å²) < 4.78 is 0. The molecule has 216 valence electrons. The second-order valence-corrected chi connectivity index (χ2v) is 10.8. The highest BCUT2D eigenvalue weighted by Crippen LogP contribution is 2.38. The van der Waals surface area contributed by atoms with Gasteiger partial charge in [0.2, 0.25) is 0 Å². The average molecular weight is 581 g/mol. The van der Waals surface area contributed by atoms with Crippen molar-refractivity contribution in [2.45, 2.75) is 6.92 Å². The van der Waals surface area contributed by atoms with Gasteiger partial charge < -0.3 is 9.80 Å². The molecule has 1 heterocycles. The van der Waals surface area contributed by atoms with E-state index in [9.17, 15) is 0 Å². The molecule has 0 atom stereocenters. The van der Waals surface area contributed by atoms with Crippen LogP contribution in [0.1, 0.15) is 5.69 Å². The van der Waals surface area contributed by atoms with Gasteiger partial charge in [-0.1, -0.05) is 97.1 Å². The van der Waals surface area contributed by atoms with Crippen molar-refractivity contribution in [3.8, 4) is 22.5 Å². The van der Waals surface area contributed by atoms with Gasteiger partial charge >= 0.3 is 0 Å². The van der Waals surface area contributed by atoms with Crippen LogP contribution < -0.4 is 9.80 Å². The van der Waals surface area contributed by atoms with Crippen LogP contribution in [0, 0.1) is 6.92 Å². The quantitative estimate of drug-likeness (QED) is 0.179. The lowest BCUT2D eigenvalue weighted by atomic mass is 10.0. The summed E-state index contributed by atoms with van der Waals surface area (Å²) in [5.41, 5.74) is 11.2. The SMILES string of the molecule is Cc1cnc(-c2ccc(N(c3ccccc3)c3ccccc3)cc2)c(-c2ccc(N(c3ccccc3)c3ccccc3)cc2)n1. The largest absolute Gasteiger partial charge is 0.311 e. The topological polar surface area (TPSA) is 32.3 Å². The van der Waals surface area contributed by atoms with Crippen molar-refractivity contribution < 1.29 is 0 Å². The number of para-hydroxylation sites is 4. The van der Waals surface area contributed by atoms with Gasteiger partial charge in [0, 0.05) is 51.4 Å². The first-order valence-electron chi connectivity index (χ1n) is 15.1. The molecule has 1 aromatic heterocycles. The molecule has 0 N–H and O–H groups in total. The number of aryl methyl sites for hydroxylation is 1. The molecule has 0 saturated heterocycles. The van der Waals surface area contributed by atoms with E-state index in [4.69, 9.17) is 9.97 Å². The molecule has 6 aromatic carbocycles. The highest BCUT2D eigenvalue weighted by Gasteiger charge is 2.17. The fourth-order valence-corrected chi connectivity index (χ4v) is 5.63. The molecule has 0 spiro atoms. The zero-order valence-electron chi connectivity index (χ0n) is 25.0. The Kier molecular flexibility index (Phi) is 7.85. The summed E-state index contributed by atoms with van der Waals surface area (Å²) in [6.45, 7) is 1.99. The van der Waals surface area contributed by atoms with Crippen LogP contribution in [0.3, 0.4) is 0 Å². The van der Waals surface area contributed by atoms with Gasteiger partial charge in [0.05, 0.1) is 17.1 Å². The minimum atomic E-state index is 0.855. The van der Waals surface area contributed by atoms with E-state index >= 15 is 0 Å². The predicted octanol–water partition coefficient (Wildman–Crippen LogP) is 11.1. The molecular formula is C41H32N4. The second kappa shape index (κ2) is 12.7. The number of aromatic nitrogens is 2. The van der Waals surface area contributed by atoms with Crippen molar-refractivity contribution >= 4 is 34.1 Å². The maximum absolute atomic E-state index is 4.98. The predicted molar refractivity (Wildman–Crippen MR) is 187 cm³/mol. The molecule has 0 unspecified atom stereocenters. The summed E-state index contributed by atoms with van der Waals surface area (Å²) >= 11 is 0. The van der Waals surface area contributed by atoms with Crippen molar-refractivity contribution in [3.63, 3.8) is 0 Å². The Hall–Kier alpha value is -6.00. The summed E-state index contributed by atoms with van der Waals surface area (Å²) in [5, 5.41) is 0. The van der Waals surface area contributed by atoms with Crippen LogP contribution in [-0.2, 0) is 0 Å². The van der Waals surface area contributed by atoms with Crippen molar-refractivity contribution in [2.75, 3.05) is 9.80 Å². The molecule has 0 bridgehead atoms. The molecule has 0 radical (unpaired) electrons. The Morgan fingerprint density at radius 2 is 0.667 bits per heavy atom. The minimum Gasteiger partial charge on any atom is -0.311 e. The molecule has 7 rings (SSSR count). The Bertz CT molecular complexity index is 1900. The first-order valence-corrected chi connectivity index (χ1v) is 15.1. The van der Waals surface area contributed by atoms with Crippen molar-refractivity contribution in [3.05, 3.63) is 182 Å². The van der Waals surface area contributed by atoms with Crippen LogP contribution in [-0.4, -0.2) is 9.97 Å². The van der Waals surface area contributed by atoms with Gasteiger partial charge in [0.25, 0.3) is 0 Å². The highest BCUT2D eigenvalue weighted by molar-refractivity contribution is 5.83. The fraction of sp³-hybridized carbons (Fsp3) is 0.0244. The minimum absolute atomic E-state index is 0.855. The standard InChI is InChI=1S/C41H32N4/c1-31-30-42-40(32-22-26-38(27-23-32)44(34-14-6-2-7-15-34)35-16-8-3-9-17-35)41(43-31)33-24-28-39(29-25-33)45(36-18-10-4-11-19-36)37-20-12-5-13-21-37/h2-30H,1H3. The Labute approximate surface area is 264 Å². The third-order valence-electron chi connectivity index (χ3n) is 7.75. The highest BCUT2D eigenvalue weighted by atomic mass is 15.1. The maximum Gasteiger partial charge on any atom is 0.0968 e. The molecule has 0 aliphatic rings. The molecule has 0 saturated carbocycles. The molecule has 0 aliphatic carbocycles. The van der Waals surface area contributed by atoms with E-state index < -0.39 is 0 Å². The summed E-state index contributed by atoms with van der Waals surface area (Å²) in [7, 11) is 0. The van der Waals surface area contributed by atoms with E-state index in [0.717, 1.165) is 62.3 Å². The number of rotatable bonds is 8. The van der Waals surface area contributed by atoms with E-state index in [-0.39, 0.29) is 0 Å². The molecule has 7 aromatic rings. The van der Waals surface area contributed by atoms with Crippen LogP contribution in [0.5, 0.6) is 0 Å². The molecule has 0 amide bonds. The van der Waals surface area contributed by atoms with Crippen LogP contribution in [0.4, 0.5) is 34.1 Å². The number of nitrogens with zero attached hydrogens (tertiary/aromatic N) is 4. The zero-order valence-corrected chi connectivity index (χ0v) is 25.0. The lowest BCUT2D eigenvalue weighted by Crippen LogP contribution is -2.09. The van der Waals surface area contributed by atoms with Gasteiger partial charge in [-0.15, -0.1) is 0 Å². The van der Waals surface area contributed by atoms with E-state index in [1.807, 2.05) is 37.4 Å². The summed E-state index contributed by atoms with van der Waals surface area (Å²) in [5.74, 6) is 0. The van der Waals surface area contributed by atoms with Gasteiger partial charge in [-0.05, 0) is 79.7 Å². The lowest BCUT2D eigenvalue weighted by Gasteiger charge is -2.26. The molecule has 0 aliphatic heterocycles. The first kappa shape index (κ1) is 27.8. The van der Waals surface area contributed by atoms with Crippen LogP contribution in [0.25, 0.3) is 22.5 Å². The molecule has 4 heteroatoms. The second-order valence-electron chi connectivity index (χ2n) is 10.8. The van der Waals surface area contributed by atoms with Crippen molar-refractivity contribution in [1.29, 1.82) is 0 Å². The van der Waals surface area contributed by atoms with E-state index in [1.165, 1.54) is 0 Å². The molecule has 0 fully saturated rings. The number of hydrogen-bond donors (Lipinski definition) is 0. The molecule has 4 nitrogen and oxygen atoms in total. The maximum atomic E-state index is 4.98. The Balaban J connectivity index is 1.24. The summed E-state index contributed by atoms with van der Waals surface area (Å²) in [4.78, 5) is 14.4. The number of anilines is 6. The smallest absolute Gasteiger partial charge is 0.0968 e. The first-order chi connectivity index (χ1) is 22.2. The summed E-state index contributed by atoms with van der Waals surface area (Å²) in [6.07, 6.45) is 1.84. The third kappa shape index (κ3) is 5.95. The van der Waals surface area contributed by atoms with Gasteiger partial charge in [-0.3, -0.25) is 4.98 Å². The van der Waals surface area contributed by atoms with Gasteiger partial charge in [0.15, 0.2) is 0 Å². The van der Waals surface area contributed by atoms with Crippen LogP contribution >= 0.6 is 0 Å². The number of hydrogen-bond acceptors (Lipinski definition) is 4. The van der Waals surface area contributed by atoms with Crippen LogP contribution in [0.2, 0.25) is 0 Å². The van der Waals surface area contributed by atoms with Crippen molar-refractivity contribution in [2.24, 2.45) is 0 Å². The molecular weight excluding hydrogens is 548 g/mol. The summed E-state index contributed by atoms with van der Waals surface area (Å²) in [6, 6.07) is 58.9.